The summed E-state index contributed by atoms with van der Waals surface area (Å²) in [6, 6.07) is 19.1. The minimum atomic E-state index is 0.325. The normalized spacial score (nSPS) is 17.2. The Morgan fingerprint density at radius 2 is 1.54 bits per heavy atom. The zero-order valence-corrected chi connectivity index (χ0v) is 14.4. The first-order valence-corrected chi connectivity index (χ1v) is 9.07. The van der Waals surface area contributed by atoms with Crippen LogP contribution >= 0.6 is 0 Å². The van der Waals surface area contributed by atoms with Crippen LogP contribution in [0.25, 0.3) is 0 Å². The Hall–Kier alpha value is -1.84. The third-order valence-corrected chi connectivity index (χ3v) is 4.82. The van der Waals surface area contributed by atoms with Gasteiger partial charge in [0.15, 0.2) is 0 Å². The minimum absolute atomic E-state index is 0.325. The predicted octanol–water partition coefficient (Wildman–Crippen LogP) is 4.14. The number of benzene rings is 2. The summed E-state index contributed by atoms with van der Waals surface area (Å²) >= 11 is 0. The molecular weight excluding hydrogens is 296 g/mol. The highest BCUT2D eigenvalue weighted by molar-refractivity contribution is 5.30. The summed E-state index contributed by atoms with van der Waals surface area (Å²) in [6.45, 7) is 3.60. The van der Waals surface area contributed by atoms with E-state index in [1.165, 1.54) is 36.8 Å². The quantitative estimate of drug-likeness (QED) is 0.868. The molecule has 3 rings (SSSR count). The Morgan fingerprint density at radius 1 is 0.875 bits per heavy atom. The second kappa shape index (κ2) is 8.86. The molecule has 0 radical (unpaired) electrons. The van der Waals surface area contributed by atoms with Crippen molar-refractivity contribution in [3.63, 3.8) is 0 Å². The summed E-state index contributed by atoms with van der Waals surface area (Å²) in [4.78, 5) is 2.55. The van der Waals surface area contributed by atoms with Gasteiger partial charge in [-0.1, -0.05) is 55.3 Å². The van der Waals surface area contributed by atoms with E-state index in [0.717, 1.165) is 18.8 Å². The molecule has 0 spiro atoms. The molecule has 1 saturated heterocycles. The predicted molar refractivity (Wildman–Crippen MR) is 99.1 cm³/mol. The van der Waals surface area contributed by atoms with E-state index in [2.05, 4.69) is 41.3 Å². The van der Waals surface area contributed by atoms with Crippen LogP contribution in [0.2, 0.25) is 0 Å². The monoisotopic (exact) mass is 324 g/mol. The van der Waals surface area contributed by atoms with Crippen LogP contribution in [0.4, 0.5) is 0 Å². The average molecular weight is 324 g/mol. The highest BCUT2D eigenvalue weighted by Crippen LogP contribution is 2.25. The lowest BCUT2D eigenvalue weighted by Gasteiger charge is -2.30. The molecule has 1 heterocycles. The van der Waals surface area contributed by atoms with Gasteiger partial charge in [0.2, 0.25) is 0 Å². The van der Waals surface area contributed by atoms with Crippen molar-refractivity contribution in [2.75, 3.05) is 19.6 Å². The van der Waals surface area contributed by atoms with Crippen LogP contribution in [0, 0.1) is 0 Å². The van der Waals surface area contributed by atoms with Gasteiger partial charge in [-0.3, -0.25) is 4.90 Å². The maximum atomic E-state index is 6.09. The lowest BCUT2D eigenvalue weighted by Crippen LogP contribution is -2.34. The molecule has 0 saturated carbocycles. The Labute approximate surface area is 145 Å². The van der Waals surface area contributed by atoms with E-state index >= 15 is 0 Å². The summed E-state index contributed by atoms with van der Waals surface area (Å²) in [7, 11) is 0. The van der Waals surface area contributed by atoms with Crippen molar-refractivity contribution in [3.05, 3.63) is 65.7 Å². The molecule has 0 aliphatic carbocycles. The van der Waals surface area contributed by atoms with Gasteiger partial charge in [0.05, 0.1) is 0 Å². The number of hydrogen-bond acceptors (Lipinski definition) is 3. The number of likely N-dealkylation sites (tertiary alicyclic amines) is 1. The van der Waals surface area contributed by atoms with Crippen LogP contribution in [0.15, 0.2) is 54.6 Å². The second-order valence-corrected chi connectivity index (χ2v) is 6.54. The Kier molecular flexibility index (Phi) is 6.27. The van der Waals surface area contributed by atoms with Crippen LogP contribution in [-0.4, -0.2) is 24.5 Å². The van der Waals surface area contributed by atoms with Crippen molar-refractivity contribution < 1.29 is 4.74 Å². The standard InChI is InChI=1S/C21H28N2O/c22-16-21(23-14-6-1-2-7-15-23)19-10-12-20(13-11-19)24-17-18-8-4-3-5-9-18/h3-5,8-13,21H,1-2,6-7,14-17,22H2. The summed E-state index contributed by atoms with van der Waals surface area (Å²) < 4.78 is 5.88. The van der Waals surface area contributed by atoms with Crippen LogP contribution in [0.1, 0.15) is 42.9 Å². The zero-order chi connectivity index (χ0) is 16.6. The number of rotatable bonds is 6. The summed E-state index contributed by atoms with van der Waals surface area (Å²) in [6.07, 6.45) is 5.27. The molecule has 0 bridgehead atoms. The molecule has 2 aromatic carbocycles. The van der Waals surface area contributed by atoms with Crippen molar-refractivity contribution in [1.29, 1.82) is 0 Å². The van der Waals surface area contributed by atoms with E-state index in [9.17, 15) is 0 Å². The van der Waals surface area contributed by atoms with E-state index in [4.69, 9.17) is 10.5 Å². The fraction of sp³-hybridized carbons (Fsp3) is 0.429. The van der Waals surface area contributed by atoms with E-state index in [1.807, 2.05) is 18.2 Å². The first-order valence-electron chi connectivity index (χ1n) is 9.07. The highest BCUT2D eigenvalue weighted by atomic mass is 16.5. The fourth-order valence-electron chi connectivity index (χ4n) is 3.43. The van der Waals surface area contributed by atoms with Gasteiger partial charge in [0.25, 0.3) is 0 Å². The molecule has 24 heavy (non-hydrogen) atoms. The van der Waals surface area contributed by atoms with Gasteiger partial charge >= 0.3 is 0 Å². The first kappa shape index (κ1) is 17.0. The van der Waals surface area contributed by atoms with E-state index in [1.54, 1.807) is 0 Å². The smallest absolute Gasteiger partial charge is 0.119 e. The Bertz CT molecular complexity index is 589. The fourth-order valence-corrected chi connectivity index (χ4v) is 3.43. The van der Waals surface area contributed by atoms with Gasteiger partial charge in [0, 0.05) is 12.6 Å². The number of ether oxygens (including phenoxy) is 1. The molecule has 0 aromatic heterocycles. The topological polar surface area (TPSA) is 38.5 Å². The van der Waals surface area contributed by atoms with Gasteiger partial charge < -0.3 is 10.5 Å². The molecular formula is C21H28N2O. The maximum absolute atomic E-state index is 6.09. The number of nitrogens with zero attached hydrogens (tertiary/aromatic N) is 1. The average Bonchev–Trinajstić information content (AvgIpc) is 2.92. The number of hydrogen-bond donors (Lipinski definition) is 1. The molecule has 2 N–H and O–H groups in total. The molecule has 128 valence electrons. The SMILES string of the molecule is NCC(c1ccc(OCc2ccccc2)cc1)N1CCCCCC1. The van der Waals surface area contributed by atoms with Crippen LogP contribution in [0.5, 0.6) is 5.75 Å². The Morgan fingerprint density at radius 3 is 2.17 bits per heavy atom. The molecule has 0 amide bonds. The lowest BCUT2D eigenvalue weighted by molar-refractivity contribution is 0.209. The van der Waals surface area contributed by atoms with Crippen LogP contribution in [-0.2, 0) is 6.61 Å². The van der Waals surface area contributed by atoms with Crippen molar-refractivity contribution in [2.24, 2.45) is 5.73 Å². The summed E-state index contributed by atoms with van der Waals surface area (Å²) in [5.41, 5.74) is 8.57. The molecule has 1 aliphatic rings. The van der Waals surface area contributed by atoms with E-state index in [0.29, 0.717) is 19.2 Å². The molecule has 1 unspecified atom stereocenters. The lowest BCUT2D eigenvalue weighted by atomic mass is 10.0. The first-order chi connectivity index (χ1) is 11.9. The largest absolute Gasteiger partial charge is 0.489 e. The van der Waals surface area contributed by atoms with Crippen molar-refractivity contribution in [2.45, 2.75) is 38.3 Å². The molecule has 3 nitrogen and oxygen atoms in total. The third-order valence-electron chi connectivity index (χ3n) is 4.82. The van der Waals surface area contributed by atoms with E-state index < -0.39 is 0 Å². The van der Waals surface area contributed by atoms with Crippen molar-refractivity contribution >= 4 is 0 Å². The van der Waals surface area contributed by atoms with Gasteiger partial charge in [0.1, 0.15) is 12.4 Å². The minimum Gasteiger partial charge on any atom is -0.489 e. The molecule has 1 atom stereocenters. The summed E-state index contributed by atoms with van der Waals surface area (Å²) in [5, 5.41) is 0. The molecule has 3 heteroatoms. The summed E-state index contributed by atoms with van der Waals surface area (Å²) in [5.74, 6) is 0.911. The zero-order valence-electron chi connectivity index (χ0n) is 14.4. The highest BCUT2D eigenvalue weighted by Gasteiger charge is 2.20. The van der Waals surface area contributed by atoms with E-state index in [-0.39, 0.29) is 0 Å². The van der Waals surface area contributed by atoms with Crippen molar-refractivity contribution in [1.82, 2.24) is 4.90 Å². The molecule has 1 aliphatic heterocycles. The third kappa shape index (κ3) is 4.59. The van der Waals surface area contributed by atoms with Gasteiger partial charge in [-0.2, -0.15) is 0 Å². The van der Waals surface area contributed by atoms with Crippen LogP contribution < -0.4 is 10.5 Å². The van der Waals surface area contributed by atoms with Gasteiger partial charge in [-0.25, -0.2) is 0 Å². The maximum Gasteiger partial charge on any atom is 0.119 e. The Balaban J connectivity index is 1.61. The molecule has 1 fully saturated rings. The number of nitrogens with two attached hydrogens (primary N) is 1. The second-order valence-electron chi connectivity index (χ2n) is 6.54. The van der Waals surface area contributed by atoms with Crippen molar-refractivity contribution in [3.8, 4) is 5.75 Å². The molecule has 2 aromatic rings. The van der Waals surface area contributed by atoms with Crippen LogP contribution in [0.3, 0.4) is 0 Å². The van der Waals surface area contributed by atoms with Gasteiger partial charge in [-0.05, 0) is 49.2 Å². The van der Waals surface area contributed by atoms with Gasteiger partial charge in [-0.15, -0.1) is 0 Å².